The number of hydrazine groups is 1. The van der Waals surface area contributed by atoms with E-state index < -0.39 is 0 Å². The third kappa shape index (κ3) is 2.12. The molecule has 0 atom stereocenters. The van der Waals surface area contributed by atoms with Crippen LogP contribution in [0.25, 0.3) is 0 Å². The minimum absolute atomic E-state index is 0.0836. The second-order valence-electron chi connectivity index (χ2n) is 3.27. The number of hydrogen-bond donors (Lipinski definition) is 3. The van der Waals surface area contributed by atoms with Crippen molar-refractivity contribution in [3.63, 3.8) is 0 Å². The zero-order valence-electron chi connectivity index (χ0n) is 7.24. The van der Waals surface area contributed by atoms with Crippen molar-refractivity contribution in [3.8, 4) is 0 Å². The van der Waals surface area contributed by atoms with E-state index in [1.54, 1.807) is 5.01 Å². The molecule has 0 saturated heterocycles. The summed E-state index contributed by atoms with van der Waals surface area (Å²) in [5, 5.41) is 10.4. The molecule has 0 aromatic heterocycles. The Labute approximate surface area is 72.8 Å². The standard InChI is InChI=1S/C8H17N3O/c9-4-8(6-12)11(10)5-7-2-1-3-7/h4,7,12H,1-3,5-6,9-10H2/b8-4-. The van der Waals surface area contributed by atoms with Crippen LogP contribution in [0.3, 0.4) is 0 Å². The summed E-state index contributed by atoms with van der Waals surface area (Å²) in [5.41, 5.74) is 5.87. The van der Waals surface area contributed by atoms with Crippen molar-refractivity contribution in [2.24, 2.45) is 17.5 Å². The maximum Gasteiger partial charge on any atom is 0.0858 e. The summed E-state index contributed by atoms with van der Waals surface area (Å²) in [5.74, 6) is 6.37. The van der Waals surface area contributed by atoms with Crippen LogP contribution < -0.4 is 11.6 Å². The fourth-order valence-electron chi connectivity index (χ4n) is 1.31. The van der Waals surface area contributed by atoms with Gasteiger partial charge in [-0.05, 0) is 18.8 Å². The Morgan fingerprint density at radius 3 is 2.58 bits per heavy atom. The first-order valence-electron chi connectivity index (χ1n) is 4.31. The zero-order chi connectivity index (χ0) is 8.97. The van der Waals surface area contributed by atoms with E-state index in [1.807, 2.05) is 0 Å². The lowest BCUT2D eigenvalue weighted by Crippen LogP contribution is -2.38. The van der Waals surface area contributed by atoms with E-state index in [9.17, 15) is 0 Å². The van der Waals surface area contributed by atoms with Gasteiger partial charge in [0.05, 0.1) is 12.3 Å². The molecule has 0 unspecified atom stereocenters. The van der Waals surface area contributed by atoms with Crippen molar-refractivity contribution >= 4 is 0 Å². The normalized spacial score (nSPS) is 19.0. The molecular weight excluding hydrogens is 154 g/mol. The fourth-order valence-corrected chi connectivity index (χ4v) is 1.31. The largest absolute Gasteiger partial charge is 0.403 e. The van der Waals surface area contributed by atoms with Crippen LogP contribution in [0.15, 0.2) is 11.9 Å². The Morgan fingerprint density at radius 2 is 2.25 bits per heavy atom. The molecule has 0 radical (unpaired) electrons. The lowest BCUT2D eigenvalue weighted by Gasteiger charge is -2.31. The topological polar surface area (TPSA) is 75.5 Å². The van der Waals surface area contributed by atoms with Crippen LogP contribution in [-0.4, -0.2) is 23.3 Å². The number of aliphatic hydroxyl groups is 1. The summed E-state index contributed by atoms with van der Waals surface area (Å²) in [6.07, 6.45) is 5.16. The molecule has 0 heterocycles. The molecule has 1 aliphatic rings. The highest BCUT2D eigenvalue weighted by Crippen LogP contribution is 2.26. The maximum atomic E-state index is 8.83. The van der Waals surface area contributed by atoms with E-state index in [0.717, 1.165) is 6.54 Å². The van der Waals surface area contributed by atoms with Gasteiger partial charge in [0.15, 0.2) is 0 Å². The summed E-state index contributed by atoms with van der Waals surface area (Å²) in [4.78, 5) is 0. The molecule has 0 aromatic carbocycles. The van der Waals surface area contributed by atoms with Crippen LogP contribution in [0, 0.1) is 5.92 Å². The Balaban J connectivity index is 2.29. The van der Waals surface area contributed by atoms with Gasteiger partial charge in [0.2, 0.25) is 0 Å². The van der Waals surface area contributed by atoms with E-state index in [-0.39, 0.29) is 6.61 Å². The third-order valence-corrected chi connectivity index (χ3v) is 2.40. The van der Waals surface area contributed by atoms with Gasteiger partial charge in [-0.1, -0.05) is 6.42 Å². The average molecular weight is 171 g/mol. The molecule has 1 saturated carbocycles. The van der Waals surface area contributed by atoms with Crippen LogP contribution in [0.5, 0.6) is 0 Å². The average Bonchev–Trinajstić information content (AvgIpc) is 1.99. The molecule has 0 bridgehead atoms. The van der Waals surface area contributed by atoms with Crippen LogP contribution in [0.4, 0.5) is 0 Å². The molecule has 0 spiro atoms. The minimum atomic E-state index is -0.0836. The Bertz CT molecular complexity index is 166. The predicted molar refractivity (Wildman–Crippen MR) is 47.6 cm³/mol. The van der Waals surface area contributed by atoms with Gasteiger partial charge < -0.3 is 15.8 Å². The molecule has 0 aromatic rings. The van der Waals surface area contributed by atoms with E-state index in [1.165, 1.54) is 25.5 Å². The summed E-state index contributed by atoms with van der Waals surface area (Å²) in [7, 11) is 0. The van der Waals surface area contributed by atoms with Crippen molar-refractivity contribution in [1.82, 2.24) is 5.01 Å². The fraction of sp³-hybridized carbons (Fsp3) is 0.750. The molecule has 4 heteroatoms. The Morgan fingerprint density at radius 1 is 1.58 bits per heavy atom. The van der Waals surface area contributed by atoms with Crippen LogP contribution in [0.1, 0.15) is 19.3 Å². The summed E-state index contributed by atoms with van der Waals surface area (Å²) in [6, 6.07) is 0. The molecule has 4 nitrogen and oxygen atoms in total. The number of rotatable bonds is 4. The predicted octanol–water partition coefficient (Wildman–Crippen LogP) is -0.245. The summed E-state index contributed by atoms with van der Waals surface area (Å²) < 4.78 is 0. The maximum absolute atomic E-state index is 8.83. The molecule has 1 rings (SSSR count). The van der Waals surface area contributed by atoms with Crippen LogP contribution in [-0.2, 0) is 0 Å². The van der Waals surface area contributed by atoms with Crippen LogP contribution >= 0.6 is 0 Å². The van der Waals surface area contributed by atoms with E-state index in [4.69, 9.17) is 16.7 Å². The van der Waals surface area contributed by atoms with Gasteiger partial charge in [0.25, 0.3) is 0 Å². The van der Waals surface area contributed by atoms with E-state index in [2.05, 4.69) is 0 Å². The van der Waals surface area contributed by atoms with Gasteiger partial charge in [-0.25, -0.2) is 5.84 Å². The molecular formula is C8H17N3O. The van der Waals surface area contributed by atoms with E-state index in [0.29, 0.717) is 11.6 Å². The molecule has 1 aliphatic carbocycles. The zero-order valence-corrected chi connectivity index (χ0v) is 7.24. The van der Waals surface area contributed by atoms with Gasteiger partial charge in [-0.2, -0.15) is 0 Å². The highest BCUT2D eigenvalue weighted by atomic mass is 16.3. The number of hydrogen-bond acceptors (Lipinski definition) is 4. The minimum Gasteiger partial charge on any atom is -0.403 e. The van der Waals surface area contributed by atoms with Crippen molar-refractivity contribution in [2.45, 2.75) is 19.3 Å². The molecule has 5 N–H and O–H groups in total. The third-order valence-electron chi connectivity index (χ3n) is 2.40. The summed E-state index contributed by atoms with van der Waals surface area (Å²) in [6.45, 7) is 0.726. The SMILES string of the molecule is N/C=C(/CO)N(N)CC1CCC1. The lowest BCUT2D eigenvalue weighted by molar-refractivity contribution is 0.188. The monoisotopic (exact) mass is 171 g/mol. The number of nitrogens with zero attached hydrogens (tertiary/aromatic N) is 1. The highest BCUT2D eigenvalue weighted by Gasteiger charge is 2.19. The number of nitrogens with two attached hydrogens (primary N) is 2. The van der Waals surface area contributed by atoms with Crippen molar-refractivity contribution in [1.29, 1.82) is 0 Å². The van der Waals surface area contributed by atoms with Gasteiger partial charge in [0.1, 0.15) is 0 Å². The quantitative estimate of drug-likeness (QED) is 0.403. The first-order valence-corrected chi connectivity index (χ1v) is 4.31. The second-order valence-corrected chi connectivity index (χ2v) is 3.27. The van der Waals surface area contributed by atoms with Gasteiger partial charge in [0, 0.05) is 12.7 Å². The molecule has 70 valence electrons. The molecule has 1 fully saturated rings. The molecule has 0 amide bonds. The van der Waals surface area contributed by atoms with Gasteiger partial charge in [-0.15, -0.1) is 0 Å². The van der Waals surface area contributed by atoms with E-state index >= 15 is 0 Å². The van der Waals surface area contributed by atoms with Gasteiger partial charge >= 0.3 is 0 Å². The van der Waals surface area contributed by atoms with Crippen molar-refractivity contribution in [2.75, 3.05) is 13.2 Å². The summed E-state index contributed by atoms with van der Waals surface area (Å²) >= 11 is 0. The number of aliphatic hydroxyl groups excluding tert-OH is 1. The van der Waals surface area contributed by atoms with Crippen LogP contribution in [0.2, 0.25) is 0 Å². The lowest BCUT2D eigenvalue weighted by atomic mass is 9.85. The van der Waals surface area contributed by atoms with Crippen molar-refractivity contribution < 1.29 is 5.11 Å². The Kier molecular flexibility index (Phi) is 3.37. The second kappa shape index (κ2) is 4.33. The Hall–Kier alpha value is -0.740. The first-order chi connectivity index (χ1) is 5.77. The smallest absolute Gasteiger partial charge is 0.0858 e. The highest BCUT2D eigenvalue weighted by molar-refractivity contribution is 4.97. The van der Waals surface area contributed by atoms with Crippen molar-refractivity contribution in [3.05, 3.63) is 11.9 Å². The molecule has 12 heavy (non-hydrogen) atoms. The van der Waals surface area contributed by atoms with Gasteiger partial charge in [-0.3, -0.25) is 0 Å². The molecule has 0 aliphatic heterocycles. The first kappa shape index (κ1) is 9.35.